The predicted molar refractivity (Wildman–Crippen MR) is 51.1 cm³/mol. The second-order valence-corrected chi connectivity index (χ2v) is 2.49. The standard InChI is InChI=1S/C10H12O4/c1-12-9-4-3-8(14-6-5-11)7-10(9)13-2/h3-5,7H,6H2,1-2H3. The van der Waals surface area contributed by atoms with Gasteiger partial charge in [0, 0.05) is 6.07 Å². The SMILES string of the molecule is COc1ccc(OCC=O)cc1OC. The Morgan fingerprint density at radius 3 is 2.50 bits per heavy atom. The van der Waals surface area contributed by atoms with E-state index in [-0.39, 0.29) is 6.61 Å². The van der Waals surface area contributed by atoms with Crippen molar-refractivity contribution < 1.29 is 19.0 Å². The van der Waals surface area contributed by atoms with Crippen LogP contribution in [0.1, 0.15) is 0 Å². The summed E-state index contributed by atoms with van der Waals surface area (Å²) in [6.45, 7) is 0.0372. The Balaban J connectivity index is 2.83. The van der Waals surface area contributed by atoms with Gasteiger partial charge in [-0.15, -0.1) is 0 Å². The van der Waals surface area contributed by atoms with Crippen molar-refractivity contribution in [3.63, 3.8) is 0 Å². The third-order valence-corrected chi connectivity index (χ3v) is 1.67. The quantitative estimate of drug-likeness (QED) is 0.665. The number of carbonyl (C=O) groups excluding carboxylic acids is 1. The van der Waals surface area contributed by atoms with Gasteiger partial charge in [0.05, 0.1) is 14.2 Å². The minimum absolute atomic E-state index is 0.0372. The van der Waals surface area contributed by atoms with Crippen molar-refractivity contribution in [2.45, 2.75) is 0 Å². The molecule has 1 aromatic carbocycles. The molecule has 0 amide bonds. The molecule has 0 radical (unpaired) electrons. The monoisotopic (exact) mass is 196 g/mol. The lowest BCUT2D eigenvalue weighted by molar-refractivity contribution is -0.109. The Morgan fingerprint density at radius 1 is 1.21 bits per heavy atom. The Labute approximate surface area is 82.4 Å². The van der Waals surface area contributed by atoms with Gasteiger partial charge in [-0.1, -0.05) is 0 Å². The van der Waals surface area contributed by atoms with Crippen molar-refractivity contribution in [3.8, 4) is 17.2 Å². The summed E-state index contributed by atoms with van der Waals surface area (Å²) in [5.74, 6) is 1.79. The average Bonchev–Trinajstić information content (AvgIpc) is 2.25. The molecule has 76 valence electrons. The summed E-state index contributed by atoms with van der Waals surface area (Å²) in [5, 5.41) is 0. The molecule has 4 nitrogen and oxygen atoms in total. The van der Waals surface area contributed by atoms with Crippen molar-refractivity contribution in [3.05, 3.63) is 18.2 Å². The van der Waals surface area contributed by atoms with Gasteiger partial charge < -0.3 is 14.2 Å². The van der Waals surface area contributed by atoms with Crippen molar-refractivity contribution in [1.82, 2.24) is 0 Å². The maximum absolute atomic E-state index is 10.1. The van der Waals surface area contributed by atoms with E-state index in [4.69, 9.17) is 14.2 Å². The average molecular weight is 196 g/mol. The van der Waals surface area contributed by atoms with Gasteiger partial charge in [-0.25, -0.2) is 0 Å². The fraction of sp³-hybridized carbons (Fsp3) is 0.300. The highest BCUT2D eigenvalue weighted by Crippen LogP contribution is 2.30. The Bertz CT molecular complexity index is 309. The number of aldehydes is 1. The van der Waals surface area contributed by atoms with E-state index in [0.29, 0.717) is 23.5 Å². The number of rotatable bonds is 5. The molecule has 0 fully saturated rings. The molecule has 0 saturated heterocycles. The Hall–Kier alpha value is -1.71. The molecule has 0 atom stereocenters. The van der Waals surface area contributed by atoms with E-state index in [1.165, 1.54) is 0 Å². The summed E-state index contributed by atoms with van der Waals surface area (Å²) >= 11 is 0. The molecule has 0 bridgehead atoms. The van der Waals surface area contributed by atoms with Gasteiger partial charge in [-0.05, 0) is 12.1 Å². The van der Waals surface area contributed by atoms with Gasteiger partial charge >= 0.3 is 0 Å². The van der Waals surface area contributed by atoms with Crippen LogP contribution >= 0.6 is 0 Å². The van der Waals surface area contributed by atoms with E-state index in [2.05, 4.69) is 0 Å². The highest BCUT2D eigenvalue weighted by atomic mass is 16.5. The van der Waals surface area contributed by atoms with E-state index in [0.717, 1.165) is 0 Å². The van der Waals surface area contributed by atoms with Crippen molar-refractivity contribution in [1.29, 1.82) is 0 Å². The fourth-order valence-corrected chi connectivity index (χ4v) is 1.04. The van der Waals surface area contributed by atoms with Crippen LogP contribution in [-0.4, -0.2) is 27.1 Å². The van der Waals surface area contributed by atoms with Crippen LogP contribution in [0.25, 0.3) is 0 Å². The zero-order valence-electron chi connectivity index (χ0n) is 8.15. The number of hydrogen-bond donors (Lipinski definition) is 0. The summed E-state index contributed by atoms with van der Waals surface area (Å²) in [4.78, 5) is 10.1. The first-order valence-corrected chi connectivity index (χ1v) is 4.10. The largest absolute Gasteiger partial charge is 0.493 e. The van der Waals surface area contributed by atoms with E-state index >= 15 is 0 Å². The lowest BCUT2D eigenvalue weighted by atomic mass is 10.3. The van der Waals surface area contributed by atoms with Crippen LogP contribution in [-0.2, 0) is 4.79 Å². The van der Waals surface area contributed by atoms with Crippen LogP contribution in [0.4, 0.5) is 0 Å². The van der Waals surface area contributed by atoms with Crippen molar-refractivity contribution >= 4 is 6.29 Å². The first kappa shape index (κ1) is 10.4. The lowest BCUT2D eigenvalue weighted by Crippen LogP contribution is -1.98. The first-order valence-electron chi connectivity index (χ1n) is 4.10. The van der Waals surface area contributed by atoms with Gasteiger partial charge in [0.25, 0.3) is 0 Å². The van der Waals surface area contributed by atoms with Gasteiger partial charge in [0.1, 0.15) is 12.4 Å². The maximum atomic E-state index is 10.1. The highest BCUT2D eigenvalue weighted by Gasteiger charge is 2.04. The molecule has 0 aromatic heterocycles. The lowest BCUT2D eigenvalue weighted by Gasteiger charge is -2.09. The summed E-state index contributed by atoms with van der Waals surface area (Å²) < 4.78 is 15.2. The molecular weight excluding hydrogens is 184 g/mol. The van der Waals surface area contributed by atoms with Gasteiger partial charge in [0.2, 0.25) is 0 Å². The van der Waals surface area contributed by atoms with E-state index in [1.54, 1.807) is 32.4 Å². The fourth-order valence-electron chi connectivity index (χ4n) is 1.04. The molecule has 0 aliphatic rings. The molecule has 0 aliphatic carbocycles. The highest BCUT2D eigenvalue weighted by molar-refractivity contribution is 5.52. The topological polar surface area (TPSA) is 44.8 Å². The number of benzene rings is 1. The molecule has 0 saturated carbocycles. The van der Waals surface area contributed by atoms with Crippen LogP contribution < -0.4 is 14.2 Å². The maximum Gasteiger partial charge on any atom is 0.164 e. The molecule has 0 N–H and O–H groups in total. The van der Waals surface area contributed by atoms with Gasteiger partial charge in [-0.3, -0.25) is 4.79 Å². The third kappa shape index (κ3) is 2.39. The summed E-state index contributed by atoms with van der Waals surface area (Å²) in [7, 11) is 3.10. The zero-order valence-corrected chi connectivity index (χ0v) is 8.15. The van der Waals surface area contributed by atoms with E-state index < -0.39 is 0 Å². The molecule has 0 unspecified atom stereocenters. The van der Waals surface area contributed by atoms with Crippen molar-refractivity contribution in [2.24, 2.45) is 0 Å². The smallest absolute Gasteiger partial charge is 0.164 e. The normalized spacial score (nSPS) is 9.29. The molecule has 1 rings (SSSR count). The van der Waals surface area contributed by atoms with Crippen LogP contribution in [0.3, 0.4) is 0 Å². The van der Waals surface area contributed by atoms with Crippen LogP contribution in [0.2, 0.25) is 0 Å². The molecule has 0 aliphatic heterocycles. The minimum atomic E-state index is 0.0372. The number of methoxy groups -OCH3 is 2. The molecule has 4 heteroatoms. The second-order valence-electron chi connectivity index (χ2n) is 2.49. The van der Waals surface area contributed by atoms with E-state index in [9.17, 15) is 4.79 Å². The molecule has 0 spiro atoms. The molecular formula is C10H12O4. The van der Waals surface area contributed by atoms with E-state index in [1.807, 2.05) is 0 Å². The number of hydrogen-bond acceptors (Lipinski definition) is 4. The summed E-state index contributed by atoms with van der Waals surface area (Å²) in [5.41, 5.74) is 0. The zero-order chi connectivity index (χ0) is 10.4. The third-order valence-electron chi connectivity index (χ3n) is 1.67. The van der Waals surface area contributed by atoms with Gasteiger partial charge in [0.15, 0.2) is 17.8 Å². The second kappa shape index (κ2) is 5.11. The van der Waals surface area contributed by atoms with Crippen LogP contribution in [0.15, 0.2) is 18.2 Å². The van der Waals surface area contributed by atoms with Crippen LogP contribution in [0, 0.1) is 0 Å². The number of carbonyl (C=O) groups is 1. The van der Waals surface area contributed by atoms with Crippen molar-refractivity contribution in [2.75, 3.05) is 20.8 Å². The summed E-state index contributed by atoms with van der Waals surface area (Å²) in [6, 6.07) is 5.10. The van der Waals surface area contributed by atoms with Gasteiger partial charge in [-0.2, -0.15) is 0 Å². The number of ether oxygens (including phenoxy) is 3. The summed E-state index contributed by atoms with van der Waals surface area (Å²) in [6.07, 6.45) is 0.691. The minimum Gasteiger partial charge on any atom is -0.493 e. The Kier molecular flexibility index (Phi) is 3.79. The first-order chi connectivity index (χ1) is 6.81. The predicted octanol–water partition coefficient (Wildman–Crippen LogP) is 1.28. The Morgan fingerprint density at radius 2 is 1.93 bits per heavy atom. The molecule has 1 aromatic rings. The molecule has 14 heavy (non-hydrogen) atoms. The molecule has 0 heterocycles. The van der Waals surface area contributed by atoms with Crippen LogP contribution in [0.5, 0.6) is 17.2 Å².